The summed E-state index contributed by atoms with van der Waals surface area (Å²) in [4.78, 5) is 12.9. The predicted octanol–water partition coefficient (Wildman–Crippen LogP) is 1.68. The van der Waals surface area contributed by atoms with E-state index in [1.807, 2.05) is 12.1 Å². The lowest BCUT2D eigenvalue weighted by molar-refractivity contribution is -0.119. The Kier molecular flexibility index (Phi) is 4.99. The Morgan fingerprint density at radius 1 is 1.50 bits per heavy atom. The first-order chi connectivity index (χ1) is 9.58. The standard InChI is InChI=1S/C14H17BrN4O/c15-11-2-1-10(8-16)13(7-11)18-12-3-5-19(6-4-12)9-14(17)20/h1-2,7,12,18H,3-6,9H2,(H2,17,20). The number of hydrogen-bond donors (Lipinski definition) is 2. The molecule has 2 rings (SSSR count). The van der Waals surface area contributed by atoms with Crippen molar-refractivity contribution < 1.29 is 4.79 Å². The fourth-order valence-electron chi connectivity index (χ4n) is 2.41. The van der Waals surface area contributed by atoms with Gasteiger partial charge in [-0.2, -0.15) is 5.26 Å². The van der Waals surface area contributed by atoms with Crippen molar-refractivity contribution in [2.75, 3.05) is 25.0 Å². The third kappa shape index (κ3) is 3.95. The van der Waals surface area contributed by atoms with Crippen LogP contribution in [-0.2, 0) is 4.79 Å². The molecule has 0 radical (unpaired) electrons. The quantitative estimate of drug-likeness (QED) is 0.876. The van der Waals surface area contributed by atoms with Crippen LogP contribution in [0.4, 0.5) is 5.69 Å². The lowest BCUT2D eigenvalue weighted by Crippen LogP contribution is -2.43. The molecule has 1 aliphatic heterocycles. The van der Waals surface area contributed by atoms with E-state index in [9.17, 15) is 4.79 Å². The summed E-state index contributed by atoms with van der Waals surface area (Å²) in [6, 6.07) is 8.10. The fraction of sp³-hybridized carbons (Fsp3) is 0.429. The Morgan fingerprint density at radius 2 is 2.20 bits per heavy atom. The van der Waals surface area contributed by atoms with Crippen LogP contribution in [0.25, 0.3) is 0 Å². The molecule has 1 fully saturated rings. The molecule has 6 heteroatoms. The van der Waals surface area contributed by atoms with E-state index in [2.05, 4.69) is 32.2 Å². The van der Waals surface area contributed by atoms with Gasteiger partial charge < -0.3 is 11.1 Å². The Hall–Kier alpha value is -1.58. The zero-order valence-corrected chi connectivity index (χ0v) is 12.7. The van der Waals surface area contributed by atoms with Crippen LogP contribution < -0.4 is 11.1 Å². The second-order valence-electron chi connectivity index (χ2n) is 4.96. The van der Waals surface area contributed by atoms with Gasteiger partial charge in [0.1, 0.15) is 6.07 Å². The number of nitrogens with one attached hydrogen (secondary N) is 1. The minimum atomic E-state index is -0.282. The number of nitrogens with zero attached hydrogens (tertiary/aromatic N) is 2. The van der Waals surface area contributed by atoms with E-state index in [4.69, 9.17) is 11.0 Å². The lowest BCUT2D eigenvalue weighted by Gasteiger charge is -2.32. The number of benzene rings is 1. The maximum absolute atomic E-state index is 10.9. The van der Waals surface area contributed by atoms with E-state index in [0.29, 0.717) is 18.2 Å². The van der Waals surface area contributed by atoms with E-state index in [-0.39, 0.29) is 5.91 Å². The number of carbonyl (C=O) groups is 1. The molecule has 0 aromatic heterocycles. The summed E-state index contributed by atoms with van der Waals surface area (Å²) in [5, 5.41) is 12.5. The van der Waals surface area contributed by atoms with Crippen molar-refractivity contribution in [2.24, 2.45) is 5.73 Å². The summed E-state index contributed by atoms with van der Waals surface area (Å²) in [6.45, 7) is 2.01. The molecule has 1 heterocycles. The number of nitriles is 1. The lowest BCUT2D eigenvalue weighted by atomic mass is 10.0. The normalized spacial score (nSPS) is 16.6. The van der Waals surface area contributed by atoms with Gasteiger partial charge in [-0.25, -0.2) is 0 Å². The summed E-state index contributed by atoms with van der Waals surface area (Å²) >= 11 is 3.42. The van der Waals surface area contributed by atoms with Gasteiger partial charge >= 0.3 is 0 Å². The number of primary amides is 1. The van der Waals surface area contributed by atoms with Gasteiger partial charge in [0.25, 0.3) is 0 Å². The predicted molar refractivity (Wildman–Crippen MR) is 81.1 cm³/mol. The molecule has 1 amide bonds. The highest BCUT2D eigenvalue weighted by Crippen LogP contribution is 2.23. The van der Waals surface area contributed by atoms with E-state index < -0.39 is 0 Å². The van der Waals surface area contributed by atoms with Crippen LogP contribution in [0, 0.1) is 11.3 Å². The molecule has 20 heavy (non-hydrogen) atoms. The Morgan fingerprint density at radius 3 is 2.80 bits per heavy atom. The molecule has 0 atom stereocenters. The number of anilines is 1. The van der Waals surface area contributed by atoms with Gasteiger partial charge in [0, 0.05) is 23.6 Å². The first kappa shape index (κ1) is 14.8. The van der Waals surface area contributed by atoms with Crippen LogP contribution in [0.5, 0.6) is 0 Å². The number of piperidine rings is 1. The van der Waals surface area contributed by atoms with Crippen molar-refractivity contribution in [1.29, 1.82) is 5.26 Å². The highest BCUT2D eigenvalue weighted by Gasteiger charge is 2.20. The van der Waals surface area contributed by atoms with Crippen molar-refractivity contribution in [3.63, 3.8) is 0 Å². The van der Waals surface area contributed by atoms with Gasteiger partial charge in [-0.15, -0.1) is 0 Å². The Labute approximate surface area is 126 Å². The average molecular weight is 337 g/mol. The molecular weight excluding hydrogens is 320 g/mol. The van der Waals surface area contributed by atoms with Crippen LogP contribution >= 0.6 is 15.9 Å². The van der Waals surface area contributed by atoms with E-state index >= 15 is 0 Å². The topological polar surface area (TPSA) is 82.2 Å². The maximum Gasteiger partial charge on any atom is 0.231 e. The first-order valence-electron chi connectivity index (χ1n) is 6.55. The van der Waals surface area contributed by atoms with Gasteiger partial charge in [-0.1, -0.05) is 15.9 Å². The van der Waals surface area contributed by atoms with Crippen molar-refractivity contribution in [3.05, 3.63) is 28.2 Å². The number of likely N-dealkylation sites (tertiary alicyclic amines) is 1. The van der Waals surface area contributed by atoms with Crippen molar-refractivity contribution >= 4 is 27.5 Å². The van der Waals surface area contributed by atoms with Crippen LogP contribution in [-0.4, -0.2) is 36.5 Å². The monoisotopic (exact) mass is 336 g/mol. The summed E-state index contributed by atoms with van der Waals surface area (Å²) in [6.07, 6.45) is 1.87. The molecule has 1 aliphatic rings. The Bertz CT molecular complexity index is 532. The zero-order chi connectivity index (χ0) is 14.5. The molecule has 0 bridgehead atoms. The third-order valence-electron chi connectivity index (χ3n) is 3.43. The number of amides is 1. The molecule has 0 aliphatic carbocycles. The SMILES string of the molecule is N#Cc1ccc(Br)cc1NC1CCN(CC(N)=O)CC1. The summed E-state index contributed by atoms with van der Waals surface area (Å²) < 4.78 is 0.949. The van der Waals surface area contributed by atoms with Crippen molar-refractivity contribution in [3.8, 4) is 6.07 Å². The molecule has 1 aromatic rings. The molecule has 0 spiro atoms. The minimum Gasteiger partial charge on any atom is -0.381 e. The Balaban J connectivity index is 1.94. The first-order valence-corrected chi connectivity index (χ1v) is 7.34. The van der Waals surface area contributed by atoms with Crippen LogP contribution in [0.1, 0.15) is 18.4 Å². The summed E-state index contributed by atoms with van der Waals surface area (Å²) in [5.41, 5.74) is 6.70. The second kappa shape index (κ2) is 6.73. The number of carbonyl (C=O) groups excluding carboxylic acids is 1. The number of halogens is 1. The average Bonchev–Trinajstić information content (AvgIpc) is 2.41. The molecule has 1 aromatic carbocycles. The molecule has 3 N–H and O–H groups in total. The van der Waals surface area contributed by atoms with Crippen LogP contribution in [0.15, 0.2) is 22.7 Å². The summed E-state index contributed by atoms with van der Waals surface area (Å²) in [5.74, 6) is -0.282. The van der Waals surface area contributed by atoms with Crippen LogP contribution in [0.3, 0.4) is 0 Å². The second-order valence-corrected chi connectivity index (χ2v) is 5.88. The largest absolute Gasteiger partial charge is 0.381 e. The molecule has 106 valence electrons. The molecule has 5 nitrogen and oxygen atoms in total. The molecule has 1 saturated heterocycles. The summed E-state index contributed by atoms with van der Waals surface area (Å²) in [7, 11) is 0. The smallest absolute Gasteiger partial charge is 0.231 e. The zero-order valence-electron chi connectivity index (χ0n) is 11.1. The van der Waals surface area contributed by atoms with E-state index in [1.54, 1.807) is 6.07 Å². The van der Waals surface area contributed by atoms with Crippen molar-refractivity contribution in [2.45, 2.75) is 18.9 Å². The van der Waals surface area contributed by atoms with Gasteiger partial charge in [0.2, 0.25) is 5.91 Å². The minimum absolute atomic E-state index is 0.282. The molecular formula is C14H17BrN4O. The van der Waals surface area contributed by atoms with Gasteiger partial charge in [-0.3, -0.25) is 9.69 Å². The number of nitrogens with two attached hydrogens (primary N) is 1. The third-order valence-corrected chi connectivity index (χ3v) is 3.92. The van der Waals surface area contributed by atoms with E-state index in [1.165, 1.54) is 0 Å². The fourth-order valence-corrected chi connectivity index (χ4v) is 2.77. The molecule has 0 saturated carbocycles. The van der Waals surface area contributed by atoms with Crippen molar-refractivity contribution in [1.82, 2.24) is 4.90 Å². The van der Waals surface area contributed by atoms with Crippen LogP contribution in [0.2, 0.25) is 0 Å². The van der Waals surface area contributed by atoms with Gasteiger partial charge in [0.15, 0.2) is 0 Å². The highest BCUT2D eigenvalue weighted by molar-refractivity contribution is 9.10. The van der Waals surface area contributed by atoms with Gasteiger partial charge in [-0.05, 0) is 31.0 Å². The molecule has 0 unspecified atom stereocenters. The van der Waals surface area contributed by atoms with Gasteiger partial charge in [0.05, 0.1) is 17.8 Å². The number of hydrogen-bond acceptors (Lipinski definition) is 4. The number of rotatable bonds is 4. The highest BCUT2D eigenvalue weighted by atomic mass is 79.9. The van der Waals surface area contributed by atoms with E-state index in [0.717, 1.165) is 36.1 Å². The maximum atomic E-state index is 10.9.